The molecular formula is C11H13BrO5. The SMILES string of the molecule is COCOc1cc(C=O)c(Br)c(OCOC)c1. The molecule has 0 saturated heterocycles. The summed E-state index contributed by atoms with van der Waals surface area (Å²) < 4.78 is 20.7. The number of carbonyl (C=O) groups excluding carboxylic acids is 1. The van der Waals surface area contributed by atoms with Gasteiger partial charge in [-0.25, -0.2) is 0 Å². The number of halogens is 1. The number of rotatable bonds is 7. The van der Waals surface area contributed by atoms with Gasteiger partial charge in [-0.15, -0.1) is 0 Å². The fourth-order valence-corrected chi connectivity index (χ4v) is 1.55. The van der Waals surface area contributed by atoms with Gasteiger partial charge in [0.05, 0.1) is 4.47 Å². The van der Waals surface area contributed by atoms with E-state index in [2.05, 4.69) is 15.9 Å². The molecule has 6 heteroatoms. The molecule has 94 valence electrons. The first-order valence-electron chi connectivity index (χ1n) is 4.75. The summed E-state index contributed by atoms with van der Waals surface area (Å²) in [5.41, 5.74) is 0.435. The molecule has 5 nitrogen and oxygen atoms in total. The lowest BCUT2D eigenvalue weighted by Crippen LogP contribution is -2.03. The van der Waals surface area contributed by atoms with Gasteiger partial charge in [0.25, 0.3) is 0 Å². The number of hydrogen-bond acceptors (Lipinski definition) is 5. The monoisotopic (exact) mass is 304 g/mol. The third-order valence-corrected chi connectivity index (χ3v) is 2.69. The molecule has 0 radical (unpaired) electrons. The van der Waals surface area contributed by atoms with Crippen molar-refractivity contribution in [2.24, 2.45) is 0 Å². The maximum atomic E-state index is 10.9. The molecule has 1 aromatic carbocycles. The fraction of sp³-hybridized carbons (Fsp3) is 0.364. The smallest absolute Gasteiger partial charge is 0.188 e. The first kappa shape index (κ1) is 14.0. The second-order valence-electron chi connectivity index (χ2n) is 3.04. The Bertz CT molecular complexity index is 380. The molecule has 0 aromatic heterocycles. The summed E-state index contributed by atoms with van der Waals surface area (Å²) in [4.78, 5) is 10.9. The molecule has 0 amide bonds. The standard InChI is InChI=1S/C11H13BrO5/c1-14-6-16-9-3-8(5-13)11(12)10(4-9)17-7-15-2/h3-5H,6-7H2,1-2H3. The molecule has 0 unspecified atom stereocenters. The normalized spacial score (nSPS) is 10.1. The molecule has 17 heavy (non-hydrogen) atoms. The van der Waals surface area contributed by atoms with Gasteiger partial charge in [-0.1, -0.05) is 0 Å². The molecule has 0 aliphatic carbocycles. The summed E-state index contributed by atoms with van der Waals surface area (Å²) in [5.74, 6) is 0.964. The van der Waals surface area contributed by atoms with Crippen molar-refractivity contribution in [1.82, 2.24) is 0 Å². The van der Waals surface area contributed by atoms with Crippen molar-refractivity contribution in [3.63, 3.8) is 0 Å². The zero-order valence-corrected chi connectivity index (χ0v) is 11.2. The highest BCUT2D eigenvalue weighted by Crippen LogP contribution is 2.32. The predicted molar refractivity (Wildman–Crippen MR) is 64.5 cm³/mol. The van der Waals surface area contributed by atoms with Crippen molar-refractivity contribution < 1.29 is 23.7 Å². The second kappa shape index (κ2) is 7.26. The maximum absolute atomic E-state index is 10.9. The molecule has 0 fully saturated rings. The minimum absolute atomic E-state index is 0.0879. The highest BCUT2D eigenvalue weighted by molar-refractivity contribution is 9.10. The number of benzene rings is 1. The molecule has 0 N–H and O–H groups in total. The third kappa shape index (κ3) is 3.99. The molecule has 0 bridgehead atoms. The Labute approximate surface area is 108 Å². The lowest BCUT2D eigenvalue weighted by atomic mass is 10.2. The van der Waals surface area contributed by atoms with Crippen LogP contribution in [0.15, 0.2) is 16.6 Å². The van der Waals surface area contributed by atoms with Crippen LogP contribution in [0.5, 0.6) is 11.5 Å². The van der Waals surface area contributed by atoms with Gasteiger partial charge in [0.15, 0.2) is 19.9 Å². The number of hydrogen-bond donors (Lipinski definition) is 0. The number of aldehydes is 1. The van der Waals surface area contributed by atoms with Crippen molar-refractivity contribution in [3.8, 4) is 11.5 Å². The molecule has 1 aromatic rings. The van der Waals surface area contributed by atoms with Crippen LogP contribution in [0.1, 0.15) is 10.4 Å². The molecule has 1 rings (SSSR count). The van der Waals surface area contributed by atoms with Crippen LogP contribution >= 0.6 is 15.9 Å². The largest absolute Gasteiger partial charge is 0.467 e. The van der Waals surface area contributed by atoms with Gasteiger partial charge < -0.3 is 18.9 Å². The van der Waals surface area contributed by atoms with E-state index in [1.807, 2.05) is 0 Å². The summed E-state index contributed by atoms with van der Waals surface area (Å²) in [6.45, 7) is 0.189. The Morgan fingerprint density at radius 2 is 1.82 bits per heavy atom. The summed E-state index contributed by atoms with van der Waals surface area (Å²) >= 11 is 3.28. The molecule has 0 heterocycles. The fourth-order valence-electron chi connectivity index (χ4n) is 1.12. The highest BCUT2D eigenvalue weighted by Gasteiger charge is 2.10. The van der Waals surface area contributed by atoms with Crippen molar-refractivity contribution in [2.45, 2.75) is 0 Å². The average molecular weight is 305 g/mol. The van der Waals surface area contributed by atoms with Gasteiger partial charge in [-0.2, -0.15) is 0 Å². The van der Waals surface area contributed by atoms with Gasteiger partial charge in [-0.05, 0) is 22.0 Å². The first-order valence-corrected chi connectivity index (χ1v) is 5.54. The van der Waals surface area contributed by atoms with E-state index < -0.39 is 0 Å². The molecule has 0 aliphatic rings. The van der Waals surface area contributed by atoms with E-state index >= 15 is 0 Å². The van der Waals surface area contributed by atoms with Crippen molar-refractivity contribution in [2.75, 3.05) is 27.8 Å². The zero-order valence-electron chi connectivity index (χ0n) is 9.57. The van der Waals surface area contributed by atoms with Crippen LogP contribution in [0.2, 0.25) is 0 Å². The number of ether oxygens (including phenoxy) is 4. The molecule has 0 atom stereocenters. The Kier molecular flexibility index (Phi) is 5.96. The third-order valence-electron chi connectivity index (χ3n) is 1.84. The van der Waals surface area contributed by atoms with E-state index in [0.29, 0.717) is 27.8 Å². The van der Waals surface area contributed by atoms with E-state index in [1.165, 1.54) is 14.2 Å². The minimum atomic E-state index is 0.0879. The van der Waals surface area contributed by atoms with Crippen molar-refractivity contribution in [1.29, 1.82) is 0 Å². The van der Waals surface area contributed by atoms with Gasteiger partial charge in [0.2, 0.25) is 0 Å². The molecular weight excluding hydrogens is 292 g/mol. The van der Waals surface area contributed by atoms with E-state index in [0.717, 1.165) is 0 Å². The zero-order chi connectivity index (χ0) is 12.7. The topological polar surface area (TPSA) is 54.0 Å². The Morgan fingerprint density at radius 1 is 1.18 bits per heavy atom. The van der Waals surface area contributed by atoms with E-state index in [1.54, 1.807) is 12.1 Å². The van der Waals surface area contributed by atoms with Crippen LogP contribution in [0, 0.1) is 0 Å². The maximum Gasteiger partial charge on any atom is 0.188 e. The molecule has 0 saturated carbocycles. The van der Waals surface area contributed by atoms with Crippen molar-refractivity contribution in [3.05, 3.63) is 22.2 Å². The quantitative estimate of drug-likeness (QED) is 0.571. The Hall–Kier alpha value is -1.11. The molecule has 0 aliphatic heterocycles. The Morgan fingerprint density at radius 3 is 2.41 bits per heavy atom. The number of carbonyl (C=O) groups is 1. The van der Waals surface area contributed by atoms with Crippen LogP contribution in [0.3, 0.4) is 0 Å². The van der Waals surface area contributed by atoms with Crippen LogP contribution in [-0.2, 0) is 9.47 Å². The lowest BCUT2D eigenvalue weighted by Gasteiger charge is -2.11. The van der Waals surface area contributed by atoms with Gasteiger partial charge >= 0.3 is 0 Å². The van der Waals surface area contributed by atoms with E-state index in [9.17, 15) is 4.79 Å². The average Bonchev–Trinajstić information content (AvgIpc) is 2.35. The molecule has 0 spiro atoms. The minimum Gasteiger partial charge on any atom is -0.467 e. The second-order valence-corrected chi connectivity index (χ2v) is 3.84. The van der Waals surface area contributed by atoms with E-state index in [4.69, 9.17) is 18.9 Å². The van der Waals surface area contributed by atoms with Crippen LogP contribution in [0.25, 0.3) is 0 Å². The first-order chi connectivity index (χ1) is 8.22. The lowest BCUT2D eigenvalue weighted by molar-refractivity contribution is 0.0455. The van der Waals surface area contributed by atoms with Crippen molar-refractivity contribution >= 4 is 22.2 Å². The van der Waals surface area contributed by atoms with E-state index in [-0.39, 0.29) is 13.6 Å². The van der Waals surface area contributed by atoms with Crippen LogP contribution < -0.4 is 9.47 Å². The van der Waals surface area contributed by atoms with Crippen LogP contribution in [-0.4, -0.2) is 34.1 Å². The van der Waals surface area contributed by atoms with Crippen LogP contribution in [0.4, 0.5) is 0 Å². The van der Waals surface area contributed by atoms with Gasteiger partial charge in [0.1, 0.15) is 11.5 Å². The summed E-state index contributed by atoms with van der Waals surface area (Å²) in [7, 11) is 3.03. The summed E-state index contributed by atoms with van der Waals surface area (Å²) in [6.07, 6.45) is 0.712. The summed E-state index contributed by atoms with van der Waals surface area (Å²) in [5, 5.41) is 0. The predicted octanol–water partition coefficient (Wildman–Crippen LogP) is 2.23. The Balaban J connectivity index is 2.96. The van der Waals surface area contributed by atoms with Gasteiger partial charge in [-0.3, -0.25) is 4.79 Å². The highest BCUT2D eigenvalue weighted by atomic mass is 79.9. The summed E-state index contributed by atoms with van der Waals surface area (Å²) in [6, 6.07) is 3.24. The van der Waals surface area contributed by atoms with Gasteiger partial charge in [0, 0.05) is 25.8 Å². The number of methoxy groups -OCH3 is 2.